The molecule has 1 rings (SSSR count). The molecule has 0 aliphatic heterocycles. The lowest BCUT2D eigenvalue weighted by atomic mass is 9.99. The zero-order valence-corrected chi connectivity index (χ0v) is 11.2. The van der Waals surface area contributed by atoms with Crippen LogP contribution < -0.4 is 5.32 Å². The fourth-order valence-electron chi connectivity index (χ4n) is 2.52. The van der Waals surface area contributed by atoms with Crippen molar-refractivity contribution < 1.29 is 0 Å². The normalized spacial score (nSPS) is 17.5. The Bertz CT molecular complexity index is 196. The summed E-state index contributed by atoms with van der Waals surface area (Å²) in [4.78, 5) is 0. The van der Waals surface area contributed by atoms with Crippen molar-refractivity contribution in [3.05, 3.63) is 11.6 Å². The summed E-state index contributed by atoms with van der Waals surface area (Å²) in [6, 6.07) is 0.694. The highest BCUT2D eigenvalue weighted by molar-refractivity contribution is 5.15. The standard InChI is InChI=1S/C15H29N/c1-3-5-6-7-12-15(16-13-4-2)14-10-8-9-11-14/h10,15-16H,3-9,11-13H2,1-2H3. The summed E-state index contributed by atoms with van der Waals surface area (Å²) >= 11 is 0. The molecule has 0 saturated heterocycles. The van der Waals surface area contributed by atoms with E-state index in [-0.39, 0.29) is 0 Å². The van der Waals surface area contributed by atoms with Crippen molar-refractivity contribution in [1.29, 1.82) is 0 Å². The maximum atomic E-state index is 3.72. The minimum Gasteiger partial charge on any atom is -0.310 e. The van der Waals surface area contributed by atoms with Crippen LogP contribution in [0.15, 0.2) is 11.6 Å². The van der Waals surface area contributed by atoms with Gasteiger partial charge in [0.1, 0.15) is 0 Å². The van der Waals surface area contributed by atoms with E-state index < -0.39 is 0 Å². The summed E-state index contributed by atoms with van der Waals surface area (Å²) in [6.45, 7) is 5.71. The van der Waals surface area contributed by atoms with Gasteiger partial charge in [0.2, 0.25) is 0 Å². The minimum absolute atomic E-state index is 0.694. The van der Waals surface area contributed by atoms with Gasteiger partial charge in [-0.3, -0.25) is 0 Å². The van der Waals surface area contributed by atoms with Crippen LogP contribution in [0.4, 0.5) is 0 Å². The van der Waals surface area contributed by atoms with Gasteiger partial charge < -0.3 is 5.32 Å². The molecule has 0 amide bonds. The predicted molar refractivity (Wildman–Crippen MR) is 72.8 cm³/mol. The summed E-state index contributed by atoms with van der Waals surface area (Å²) in [5.74, 6) is 0. The van der Waals surface area contributed by atoms with Crippen LogP contribution in [-0.2, 0) is 0 Å². The minimum atomic E-state index is 0.694. The quantitative estimate of drug-likeness (QED) is 0.450. The van der Waals surface area contributed by atoms with Crippen molar-refractivity contribution in [2.24, 2.45) is 0 Å². The third kappa shape index (κ3) is 5.16. The second-order valence-corrected chi connectivity index (χ2v) is 5.03. The molecule has 16 heavy (non-hydrogen) atoms. The lowest BCUT2D eigenvalue weighted by molar-refractivity contribution is 0.492. The Morgan fingerprint density at radius 1 is 1.19 bits per heavy atom. The summed E-state index contributed by atoms with van der Waals surface area (Å²) in [7, 11) is 0. The van der Waals surface area contributed by atoms with Gasteiger partial charge >= 0.3 is 0 Å². The lowest BCUT2D eigenvalue weighted by Gasteiger charge is -2.20. The van der Waals surface area contributed by atoms with Crippen molar-refractivity contribution in [1.82, 2.24) is 5.32 Å². The average molecular weight is 223 g/mol. The van der Waals surface area contributed by atoms with Gasteiger partial charge in [0.15, 0.2) is 0 Å². The van der Waals surface area contributed by atoms with E-state index in [1.54, 1.807) is 5.57 Å². The first-order valence-electron chi connectivity index (χ1n) is 7.30. The molecule has 1 aliphatic carbocycles. The molecule has 1 heteroatoms. The molecule has 0 spiro atoms. The van der Waals surface area contributed by atoms with Crippen LogP contribution in [0.3, 0.4) is 0 Å². The average Bonchev–Trinajstić information content (AvgIpc) is 2.82. The zero-order valence-electron chi connectivity index (χ0n) is 11.2. The van der Waals surface area contributed by atoms with Crippen LogP contribution in [0, 0.1) is 0 Å². The Hall–Kier alpha value is -0.300. The zero-order chi connectivity index (χ0) is 11.6. The van der Waals surface area contributed by atoms with Gasteiger partial charge in [0, 0.05) is 6.04 Å². The third-order valence-corrected chi connectivity index (χ3v) is 3.51. The first-order valence-corrected chi connectivity index (χ1v) is 7.30. The van der Waals surface area contributed by atoms with Gasteiger partial charge in [-0.15, -0.1) is 0 Å². The van der Waals surface area contributed by atoms with Crippen molar-refractivity contribution >= 4 is 0 Å². The van der Waals surface area contributed by atoms with E-state index in [9.17, 15) is 0 Å². The van der Waals surface area contributed by atoms with Gasteiger partial charge in [-0.2, -0.15) is 0 Å². The number of rotatable bonds is 9. The number of allylic oxidation sites excluding steroid dienone is 1. The van der Waals surface area contributed by atoms with Gasteiger partial charge in [0.25, 0.3) is 0 Å². The Morgan fingerprint density at radius 3 is 2.69 bits per heavy atom. The summed E-state index contributed by atoms with van der Waals surface area (Å²) in [5.41, 5.74) is 1.70. The molecular weight excluding hydrogens is 194 g/mol. The van der Waals surface area contributed by atoms with Crippen LogP contribution in [0.5, 0.6) is 0 Å². The number of hydrogen-bond acceptors (Lipinski definition) is 1. The Balaban J connectivity index is 2.25. The van der Waals surface area contributed by atoms with Gasteiger partial charge in [-0.05, 0) is 38.6 Å². The van der Waals surface area contributed by atoms with Crippen LogP contribution in [0.2, 0.25) is 0 Å². The molecule has 0 bridgehead atoms. The maximum Gasteiger partial charge on any atom is 0.0279 e. The highest BCUT2D eigenvalue weighted by atomic mass is 14.9. The smallest absolute Gasteiger partial charge is 0.0279 e. The van der Waals surface area contributed by atoms with Crippen molar-refractivity contribution in [2.45, 2.75) is 77.7 Å². The highest BCUT2D eigenvalue weighted by Gasteiger charge is 2.15. The molecule has 1 aliphatic rings. The molecule has 0 radical (unpaired) electrons. The molecule has 94 valence electrons. The molecular formula is C15H29N. The Labute approximate surface area is 102 Å². The molecule has 0 aromatic carbocycles. The van der Waals surface area contributed by atoms with Crippen LogP contribution >= 0.6 is 0 Å². The van der Waals surface area contributed by atoms with E-state index in [0.717, 1.165) is 0 Å². The highest BCUT2D eigenvalue weighted by Crippen LogP contribution is 2.23. The fraction of sp³-hybridized carbons (Fsp3) is 0.867. The third-order valence-electron chi connectivity index (χ3n) is 3.51. The molecule has 1 unspecified atom stereocenters. The van der Waals surface area contributed by atoms with E-state index in [1.165, 1.54) is 64.3 Å². The van der Waals surface area contributed by atoms with Crippen LogP contribution in [0.1, 0.15) is 71.6 Å². The number of unbranched alkanes of at least 4 members (excludes halogenated alkanes) is 3. The van der Waals surface area contributed by atoms with Gasteiger partial charge in [0.05, 0.1) is 0 Å². The Morgan fingerprint density at radius 2 is 2.06 bits per heavy atom. The van der Waals surface area contributed by atoms with E-state index in [0.29, 0.717) is 6.04 Å². The topological polar surface area (TPSA) is 12.0 Å². The van der Waals surface area contributed by atoms with E-state index in [1.807, 2.05) is 0 Å². The molecule has 0 fully saturated rings. The van der Waals surface area contributed by atoms with E-state index >= 15 is 0 Å². The maximum absolute atomic E-state index is 3.72. The van der Waals surface area contributed by atoms with Gasteiger partial charge in [-0.25, -0.2) is 0 Å². The fourth-order valence-corrected chi connectivity index (χ4v) is 2.52. The second kappa shape index (κ2) is 8.81. The molecule has 1 N–H and O–H groups in total. The summed E-state index contributed by atoms with van der Waals surface area (Å²) in [6.07, 6.45) is 14.7. The lowest BCUT2D eigenvalue weighted by Crippen LogP contribution is -2.31. The molecule has 0 heterocycles. The largest absolute Gasteiger partial charge is 0.310 e. The molecule has 0 aromatic heterocycles. The molecule has 1 nitrogen and oxygen atoms in total. The monoisotopic (exact) mass is 223 g/mol. The van der Waals surface area contributed by atoms with Crippen molar-refractivity contribution in [3.8, 4) is 0 Å². The first kappa shape index (κ1) is 13.8. The van der Waals surface area contributed by atoms with E-state index in [2.05, 4.69) is 25.2 Å². The predicted octanol–water partition coefficient (Wildman–Crippen LogP) is 4.44. The van der Waals surface area contributed by atoms with Gasteiger partial charge in [-0.1, -0.05) is 51.2 Å². The van der Waals surface area contributed by atoms with Crippen LogP contribution in [0.25, 0.3) is 0 Å². The molecule has 0 aromatic rings. The van der Waals surface area contributed by atoms with E-state index in [4.69, 9.17) is 0 Å². The Kier molecular flexibility index (Phi) is 7.58. The molecule has 1 atom stereocenters. The number of hydrogen-bond donors (Lipinski definition) is 1. The molecule has 0 saturated carbocycles. The van der Waals surface area contributed by atoms with Crippen molar-refractivity contribution in [2.75, 3.05) is 6.54 Å². The SMILES string of the molecule is CCCCCCC(NCCC)C1=CCCC1. The number of nitrogens with one attached hydrogen (secondary N) is 1. The van der Waals surface area contributed by atoms with Crippen molar-refractivity contribution in [3.63, 3.8) is 0 Å². The summed E-state index contributed by atoms with van der Waals surface area (Å²) in [5, 5.41) is 3.72. The first-order chi connectivity index (χ1) is 7.88. The summed E-state index contributed by atoms with van der Waals surface area (Å²) < 4.78 is 0. The second-order valence-electron chi connectivity index (χ2n) is 5.03. The van der Waals surface area contributed by atoms with Crippen LogP contribution in [-0.4, -0.2) is 12.6 Å².